The lowest BCUT2D eigenvalue weighted by Gasteiger charge is -2.19. The molecule has 0 aromatic heterocycles. The van der Waals surface area contributed by atoms with E-state index in [2.05, 4.69) is 0 Å². The van der Waals surface area contributed by atoms with Crippen molar-refractivity contribution in [3.63, 3.8) is 0 Å². The molecule has 1 aromatic carbocycles. The highest BCUT2D eigenvalue weighted by Crippen LogP contribution is 2.18. The molecule has 1 aromatic rings. The van der Waals surface area contributed by atoms with E-state index in [-0.39, 0.29) is 18.1 Å². The minimum absolute atomic E-state index is 0.107. The SMILES string of the molecule is CCOCCN(CC)CC(=O)c1ccc(OC)c(F)c1. The zero-order chi connectivity index (χ0) is 15.0. The molecule has 0 fully saturated rings. The van der Waals surface area contributed by atoms with Crippen molar-refractivity contribution in [1.29, 1.82) is 0 Å². The molecule has 4 nitrogen and oxygen atoms in total. The van der Waals surface area contributed by atoms with Crippen molar-refractivity contribution in [2.45, 2.75) is 13.8 Å². The number of rotatable bonds is 9. The van der Waals surface area contributed by atoms with Gasteiger partial charge < -0.3 is 9.47 Å². The number of carbonyl (C=O) groups is 1. The van der Waals surface area contributed by atoms with Gasteiger partial charge in [0.2, 0.25) is 0 Å². The zero-order valence-electron chi connectivity index (χ0n) is 12.3. The fraction of sp³-hybridized carbons (Fsp3) is 0.533. The van der Waals surface area contributed by atoms with Crippen LogP contribution in [0.5, 0.6) is 5.75 Å². The van der Waals surface area contributed by atoms with Crippen molar-refractivity contribution in [3.8, 4) is 5.75 Å². The van der Waals surface area contributed by atoms with Gasteiger partial charge in [-0.15, -0.1) is 0 Å². The average Bonchev–Trinajstić information content (AvgIpc) is 2.46. The molecule has 112 valence electrons. The Labute approximate surface area is 119 Å². The number of likely N-dealkylation sites (N-methyl/N-ethyl adjacent to an activating group) is 1. The van der Waals surface area contributed by atoms with Gasteiger partial charge in [-0.2, -0.15) is 0 Å². The lowest BCUT2D eigenvalue weighted by molar-refractivity contribution is 0.0867. The average molecular weight is 283 g/mol. The molecular formula is C15H22FNO3. The molecule has 0 aliphatic carbocycles. The van der Waals surface area contributed by atoms with Crippen molar-refractivity contribution in [2.24, 2.45) is 0 Å². The Bertz CT molecular complexity index is 437. The third kappa shape index (κ3) is 4.90. The van der Waals surface area contributed by atoms with Gasteiger partial charge in [0.05, 0.1) is 20.3 Å². The Balaban J connectivity index is 2.62. The molecule has 0 aliphatic heterocycles. The van der Waals surface area contributed by atoms with Crippen molar-refractivity contribution in [3.05, 3.63) is 29.6 Å². The highest BCUT2D eigenvalue weighted by Gasteiger charge is 2.13. The van der Waals surface area contributed by atoms with Crippen LogP contribution in [0, 0.1) is 5.82 Å². The summed E-state index contributed by atoms with van der Waals surface area (Å²) in [7, 11) is 1.40. The summed E-state index contributed by atoms with van der Waals surface area (Å²) in [5.74, 6) is -0.481. The molecule has 5 heteroatoms. The molecule has 0 radical (unpaired) electrons. The maximum Gasteiger partial charge on any atom is 0.176 e. The summed E-state index contributed by atoms with van der Waals surface area (Å²) in [5.41, 5.74) is 0.359. The number of halogens is 1. The number of benzene rings is 1. The van der Waals surface area contributed by atoms with E-state index in [1.54, 1.807) is 6.07 Å². The van der Waals surface area contributed by atoms with Crippen molar-refractivity contribution in [2.75, 3.05) is 40.0 Å². The second-order valence-corrected chi connectivity index (χ2v) is 4.34. The molecule has 0 aliphatic rings. The number of carbonyl (C=O) groups excluding carboxylic acids is 1. The second kappa shape index (κ2) is 8.66. The summed E-state index contributed by atoms with van der Waals surface area (Å²) in [5, 5.41) is 0. The first kappa shape index (κ1) is 16.6. The Morgan fingerprint density at radius 3 is 2.65 bits per heavy atom. The standard InChI is InChI=1S/C15H22FNO3/c1-4-17(8-9-20-5-2)11-14(18)12-6-7-15(19-3)13(16)10-12/h6-7,10H,4-5,8-9,11H2,1-3H3. The molecule has 1 rings (SSSR count). The van der Waals surface area contributed by atoms with Crippen LogP contribution in [0.2, 0.25) is 0 Å². The van der Waals surface area contributed by atoms with Crippen LogP contribution < -0.4 is 4.74 Å². The molecule has 0 bridgehead atoms. The van der Waals surface area contributed by atoms with E-state index in [9.17, 15) is 9.18 Å². The largest absolute Gasteiger partial charge is 0.494 e. The van der Waals surface area contributed by atoms with Gasteiger partial charge in [0, 0.05) is 18.7 Å². The summed E-state index contributed by atoms with van der Waals surface area (Å²) < 4.78 is 23.7. The Kier molecular flexibility index (Phi) is 7.18. The van der Waals surface area contributed by atoms with E-state index < -0.39 is 5.82 Å². The number of Topliss-reactive ketones (excluding diaryl/α,β-unsaturated/α-hetero) is 1. The van der Waals surface area contributed by atoms with Crippen LogP contribution in [-0.4, -0.2) is 50.6 Å². The third-order valence-electron chi connectivity index (χ3n) is 3.04. The number of methoxy groups -OCH3 is 1. The predicted octanol–water partition coefficient (Wildman–Crippen LogP) is 2.38. The van der Waals surface area contributed by atoms with Crippen LogP contribution in [0.15, 0.2) is 18.2 Å². The van der Waals surface area contributed by atoms with Crippen molar-refractivity contribution < 1.29 is 18.7 Å². The van der Waals surface area contributed by atoms with E-state index in [0.717, 1.165) is 6.54 Å². The number of ketones is 1. The Morgan fingerprint density at radius 1 is 1.35 bits per heavy atom. The highest BCUT2D eigenvalue weighted by molar-refractivity contribution is 5.97. The first-order valence-corrected chi connectivity index (χ1v) is 6.79. The topological polar surface area (TPSA) is 38.8 Å². The molecule has 0 amide bonds. The molecule has 20 heavy (non-hydrogen) atoms. The lowest BCUT2D eigenvalue weighted by Crippen LogP contribution is -2.32. The predicted molar refractivity (Wildman–Crippen MR) is 75.9 cm³/mol. The summed E-state index contributed by atoms with van der Waals surface area (Å²) in [6.45, 7) is 6.86. The summed E-state index contributed by atoms with van der Waals surface area (Å²) in [6, 6.07) is 4.28. The van der Waals surface area contributed by atoms with Gasteiger partial charge in [-0.1, -0.05) is 6.92 Å². The van der Waals surface area contributed by atoms with Gasteiger partial charge in [-0.05, 0) is 31.7 Å². The molecule has 0 unspecified atom stereocenters. The minimum Gasteiger partial charge on any atom is -0.494 e. The van der Waals surface area contributed by atoms with Gasteiger partial charge in [-0.25, -0.2) is 4.39 Å². The number of hydrogen-bond donors (Lipinski definition) is 0. The van der Waals surface area contributed by atoms with E-state index in [1.807, 2.05) is 18.7 Å². The number of ether oxygens (including phenoxy) is 2. The Hall–Kier alpha value is -1.46. The van der Waals surface area contributed by atoms with Crippen LogP contribution in [0.4, 0.5) is 4.39 Å². The maximum absolute atomic E-state index is 13.6. The Morgan fingerprint density at radius 2 is 2.10 bits per heavy atom. The van der Waals surface area contributed by atoms with E-state index in [1.165, 1.54) is 19.2 Å². The van der Waals surface area contributed by atoms with Crippen LogP contribution in [0.1, 0.15) is 24.2 Å². The van der Waals surface area contributed by atoms with Crippen molar-refractivity contribution in [1.82, 2.24) is 4.90 Å². The number of nitrogens with zero attached hydrogens (tertiary/aromatic N) is 1. The molecular weight excluding hydrogens is 261 g/mol. The van der Waals surface area contributed by atoms with Gasteiger partial charge in [0.1, 0.15) is 0 Å². The first-order chi connectivity index (χ1) is 9.62. The highest BCUT2D eigenvalue weighted by atomic mass is 19.1. The monoisotopic (exact) mass is 283 g/mol. The molecule has 0 N–H and O–H groups in total. The smallest absolute Gasteiger partial charge is 0.176 e. The molecule has 0 saturated carbocycles. The van der Waals surface area contributed by atoms with Crippen LogP contribution in [0.3, 0.4) is 0 Å². The van der Waals surface area contributed by atoms with Gasteiger partial charge >= 0.3 is 0 Å². The van der Waals surface area contributed by atoms with Crippen LogP contribution in [-0.2, 0) is 4.74 Å². The van der Waals surface area contributed by atoms with Gasteiger partial charge in [-0.3, -0.25) is 9.69 Å². The van der Waals surface area contributed by atoms with Gasteiger partial charge in [0.25, 0.3) is 0 Å². The fourth-order valence-electron chi connectivity index (χ4n) is 1.82. The van der Waals surface area contributed by atoms with Crippen LogP contribution in [0.25, 0.3) is 0 Å². The normalized spacial score (nSPS) is 10.8. The summed E-state index contributed by atoms with van der Waals surface area (Å²) in [4.78, 5) is 14.1. The molecule has 0 heterocycles. The molecule has 0 spiro atoms. The molecule has 0 atom stereocenters. The zero-order valence-corrected chi connectivity index (χ0v) is 12.3. The quantitative estimate of drug-likeness (QED) is 0.515. The summed E-state index contributed by atoms with van der Waals surface area (Å²) >= 11 is 0. The van der Waals surface area contributed by atoms with E-state index >= 15 is 0 Å². The first-order valence-electron chi connectivity index (χ1n) is 6.79. The molecule has 0 saturated heterocycles. The van der Waals surface area contributed by atoms with Crippen LogP contribution >= 0.6 is 0 Å². The van der Waals surface area contributed by atoms with Crippen molar-refractivity contribution >= 4 is 5.78 Å². The number of hydrogen-bond acceptors (Lipinski definition) is 4. The maximum atomic E-state index is 13.6. The second-order valence-electron chi connectivity index (χ2n) is 4.34. The fourth-order valence-corrected chi connectivity index (χ4v) is 1.82. The van der Waals surface area contributed by atoms with E-state index in [0.29, 0.717) is 25.3 Å². The minimum atomic E-state index is -0.518. The van der Waals surface area contributed by atoms with E-state index in [4.69, 9.17) is 9.47 Å². The lowest BCUT2D eigenvalue weighted by atomic mass is 10.1. The van der Waals surface area contributed by atoms with Gasteiger partial charge in [0.15, 0.2) is 17.3 Å². The third-order valence-corrected chi connectivity index (χ3v) is 3.04. The summed E-state index contributed by atoms with van der Waals surface area (Å²) in [6.07, 6.45) is 0.